The van der Waals surface area contributed by atoms with Gasteiger partial charge in [-0.2, -0.15) is 0 Å². The topological polar surface area (TPSA) is 15.3 Å². The second kappa shape index (κ2) is 5.96. The van der Waals surface area contributed by atoms with Crippen LogP contribution in [0, 0.1) is 17.3 Å². The molecule has 2 aliphatic carbocycles. The summed E-state index contributed by atoms with van der Waals surface area (Å²) in [6.45, 7) is 7.63. The van der Waals surface area contributed by atoms with Gasteiger partial charge in [0.25, 0.3) is 0 Å². The second-order valence-electron chi connectivity index (χ2n) is 8.30. The number of rotatable bonds is 4. The maximum absolute atomic E-state index is 3.64. The third kappa shape index (κ3) is 2.78. The van der Waals surface area contributed by atoms with Gasteiger partial charge in [0.15, 0.2) is 0 Å². The van der Waals surface area contributed by atoms with Crippen molar-refractivity contribution in [2.75, 3.05) is 20.1 Å². The number of hydrogen-bond donors (Lipinski definition) is 1. The van der Waals surface area contributed by atoms with Gasteiger partial charge < -0.3 is 5.32 Å². The predicted octanol–water partition coefficient (Wildman–Crippen LogP) is 3.67. The van der Waals surface area contributed by atoms with Crippen molar-refractivity contribution in [1.29, 1.82) is 0 Å². The first-order valence-electron chi connectivity index (χ1n) is 9.03. The molecule has 3 unspecified atom stereocenters. The van der Waals surface area contributed by atoms with Crippen LogP contribution in [0.25, 0.3) is 0 Å². The Balaban J connectivity index is 1.62. The second-order valence-corrected chi connectivity index (χ2v) is 8.30. The molecular weight excluding hydrogens is 244 g/mol. The van der Waals surface area contributed by atoms with E-state index in [2.05, 4.69) is 31.1 Å². The lowest BCUT2D eigenvalue weighted by Crippen LogP contribution is -2.46. The van der Waals surface area contributed by atoms with Crippen LogP contribution in [0.2, 0.25) is 0 Å². The maximum atomic E-state index is 3.64. The largest absolute Gasteiger partial charge is 0.316 e. The molecule has 3 atom stereocenters. The van der Waals surface area contributed by atoms with E-state index in [0.29, 0.717) is 11.5 Å². The van der Waals surface area contributed by atoms with E-state index in [4.69, 9.17) is 0 Å². The van der Waals surface area contributed by atoms with Gasteiger partial charge in [0.1, 0.15) is 0 Å². The zero-order valence-electron chi connectivity index (χ0n) is 13.8. The first-order valence-corrected chi connectivity index (χ1v) is 9.03. The average molecular weight is 278 g/mol. The van der Waals surface area contributed by atoms with Crippen LogP contribution >= 0.6 is 0 Å². The lowest BCUT2D eigenvalue weighted by Gasteiger charge is -2.35. The van der Waals surface area contributed by atoms with Gasteiger partial charge in [0, 0.05) is 18.6 Å². The molecule has 1 saturated heterocycles. The minimum absolute atomic E-state index is 0.488. The van der Waals surface area contributed by atoms with E-state index < -0.39 is 0 Å². The van der Waals surface area contributed by atoms with E-state index in [1.54, 1.807) is 0 Å². The summed E-state index contributed by atoms with van der Waals surface area (Å²) < 4.78 is 0. The normalized spacial score (nSPS) is 38.9. The number of nitrogens with zero attached hydrogens (tertiary/aromatic N) is 1. The Morgan fingerprint density at radius 1 is 1.05 bits per heavy atom. The third-order valence-electron chi connectivity index (χ3n) is 6.61. The summed E-state index contributed by atoms with van der Waals surface area (Å²) in [6.07, 6.45) is 11.7. The quantitative estimate of drug-likeness (QED) is 0.844. The molecular formula is C18H34N2. The van der Waals surface area contributed by atoms with Gasteiger partial charge in [0.05, 0.1) is 0 Å². The Kier molecular flexibility index (Phi) is 4.42. The molecule has 1 aliphatic heterocycles. The fourth-order valence-electron chi connectivity index (χ4n) is 5.60. The van der Waals surface area contributed by atoms with Gasteiger partial charge in [-0.05, 0) is 69.4 Å². The van der Waals surface area contributed by atoms with Crippen LogP contribution in [0.15, 0.2) is 0 Å². The number of nitrogens with one attached hydrogen (secondary N) is 1. The van der Waals surface area contributed by atoms with E-state index in [1.165, 1.54) is 64.5 Å². The number of likely N-dealkylation sites (tertiary alicyclic amines) is 1. The van der Waals surface area contributed by atoms with Crippen LogP contribution in [0.3, 0.4) is 0 Å². The molecule has 0 radical (unpaired) electrons. The number of hydrogen-bond acceptors (Lipinski definition) is 2. The summed E-state index contributed by atoms with van der Waals surface area (Å²) in [6, 6.07) is 1.64. The highest BCUT2D eigenvalue weighted by molar-refractivity contribution is 4.98. The van der Waals surface area contributed by atoms with E-state index in [1.807, 2.05) is 0 Å². The molecule has 0 amide bonds. The lowest BCUT2D eigenvalue weighted by atomic mass is 9.84. The van der Waals surface area contributed by atoms with Crippen LogP contribution in [-0.4, -0.2) is 37.1 Å². The molecule has 3 fully saturated rings. The van der Waals surface area contributed by atoms with E-state index >= 15 is 0 Å². The molecule has 1 N–H and O–H groups in total. The Bertz CT molecular complexity index is 319. The highest BCUT2D eigenvalue weighted by Gasteiger charge is 2.43. The van der Waals surface area contributed by atoms with Crippen LogP contribution in [0.1, 0.15) is 65.2 Å². The van der Waals surface area contributed by atoms with E-state index in [-0.39, 0.29) is 0 Å². The molecule has 1 heterocycles. The molecule has 0 bridgehead atoms. The summed E-state index contributed by atoms with van der Waals surface area (Å²) in [4.78, 5) is 2.88. The van der Waals surface area contributed by atoms with Crippen molar-refractivity contribution < 1.29 is 0 Å². The smallest absolute Gasteiger partial charge is 0.0156 e. The summed E-state index contributed by atoms with van der Waals surface area (Å²) in [7, 11) is 2.17. The van der Waals surface area contributed by atoms with Crippen molar-refractivity contribution >= 4 is 0 Å². The first kappa shape index (κ1) is 14.8. The van der Waals surface area contributed by atoms with Crippen molar-refractivity contribution in [2.24, 2.45) is 17.3 Å². The minimum Gasteiger partial charge on any atom is -0.316 e. The summed E-state index contributed by atoms with van der Waals surface area (Å²) in [5.41, 5.74) is 0.488. The Hall–Kier alpha value is -0.0800. The lowest BCUT2D eigenvalue weighted by molar-refractivity contribution is 0.145. The van der Waals surface area contributed by atoms with E-state index in [9.17, 15) is 0 Å². The fraction of sp³-hybridized carbons (Fsp3) is 1.00. The monoisotopic (exact) mass is 278 g/mol. The Morgan fingerprint density at radius 2 is 1.80 bits per heavy atom. The highest BCUT2D eigenvalue weighted by Crippen LogP contribution is 2.43. The highest BCUT2D eigenvalue weighted by atomic mass is 15.2. The molecule has 2 heteroatoms. The molecule has 20 heavy (non-hydrogen) atoms. The summed E-state index contributed by atoms with van der Waals surface area (Å²) >= 11 is 0. The van der Waals surface area contributed by atoms with Crippen LogP contribution in [0.5, 0.6) is 0 Å². The van der Waals surface area contributed by atoms with E-state index in [0.717, 1.165) is 17.9 Å². The fourth-order valence-corrected chi connectivity index (χ4v) is 5.60. The van der Waals surface area contributed by atoms with Crippen molar-refractivity contribution in [2.45, 2.75) is 77.3 Å². The van der Waals surface area contributed by atoms with Crippen LogP contribution in [0.4, 0.5) is 0 Å². The van der Waals surface area contributed by atoms with Gasteiger partial charge in [-0.25, -0.2) is 0 Å². The van der Waals surface area contributed by atoms with Gasteiger partial charge in [0.2, 0.25) is 0 Å². The summed E-state index contributed by atoms with van der Waals surface area (Å²) in [5.74, 6) is 1.90. The van der Waals surface area contributed by atoms with Gasteiger partial charge in [-0.15, -0.1) is 0 Å². The molecule has 3 rings (SSSR count). The first-order chi connectivity index (χ1) is 9.62. The third-order valence-corrected chi connectivity index (χ3v) is 6.61. The standard InChI is InChI=1S/C18H34N2/c1-18(2)11-10-15(17(18)19-3)13-20-12-6-9-16(20)14-7-4-5-8-14/h14-17,19H,4-13H2,1-3H3. The van der Waals surface area contributed by atoms with Gasteiger partial charge in [-0.1, -0.05) is 26.7 Å². The Labute approximate surface area is 125 Å². The molecule has 0 aromatic heterocycles. The van der Waals surface area contributed by atoms with Crippen molar-refractivity contribution in [3.05, 3.63) is 0 Å². The summed E-state index contributed by atoms with van der Waals surface area (Å²) in [5, 5.41) is 3.64. The maximum Gasteiger partial charge on any atom is 0.0156 e. The predicted molar refractivity (Wildman–Crippen MR) is 85.9 cm³/mol. The molecule has 116 valence electrons. The molecule has 2 nitrogen and oxygen atoms in total. The molecule has 2 saturated carbocycles. The zero-order valence-corrected chi connectivity index (χ0v) is 13.8. The van der Waals surface area contributed by atoms with Crippen LogP contribution in [-0.2, 0) is 0 Å². The average Bonchev–Trinajstić information content (AvgIpc) is 3.10. The van der Waals surface area contributed by atoms with Crippen molar-refractivity contribution in [3.8, 4) is 0 Å². The van der Waals surface area contributed by atoms with Gasteiger partial charge in [-0.3, -0.25) is 4.90 Å². The van der Waals surface area contributed by atoms with Gasteiger partial charge >= 0.3 is 0 Å². The minimum atomic E-state index is 0.488. The molecule has 0 aromatic carbocycles. The van der Waals surface area contributed by atoms with Crippen LogP contribution < -0.4 is 5.32 Å². The SMILES string of the molecule is CNC1C(CN2CCCC2C2CCCC2)CCC1(C)C. The molecule has 3 aliphatic rings. The van der Waals surface area contributed by atoms with Crippen molar-refractivity contribution in [1.82, 2.24) is 10.2 Å². The van der Waals surface area contributed by atoms with Crippen molar-refractivity contribution in [3.63, 3.8) is 0 Å². The Morgan fingerprint density at radius 3 is 2.50 bits per heavy atom. The molecule has 0 spiro atoms. The zero-order chi connectivity index (χ0) is 14.2. The molecule has 0 aromatic rings.